The number of hydrogen-bond donors (Lipinski definition) is 1. The van der Waals surface area contributed by atoms with Crippen molar-refractivity contribution in [2.75, 3.05) is 0 Å². The van der Waals surface area contributed by atoms with Crippen LogP contribution in [0.4, 0.5) is 52.7 Å². The summed E-state index contributed by atoms with van der Waals surface area (Å²) in [5.41, 5.74) is 0. The van der Waals surface area contributed by atoms with Crippen molar-refractivity contribution in [1.82, 2.24) is 0 Å². The molecule has 0 saturated heterocycles. The van der Waals surface area contributed by atoms with Crippen LogP contribution in [0.25, 0.3) is 0 Å². The average Bonchev–Trinajstić information content (AvgIpc) is 2.33. The number of aliphatic hydroxyl groups excluding tert-OH is 1. The highest BCUT2D eigenvalue weighted by molar-refractivity contribution is 6.77. The molecule has 0 amide bonds. The van der Waals surface area contributed by atoms with Gasteiger partial charge in [-0.1, -0.05) is 13.1 Å². The molecule has 0 aromatic carbocycles. The van der Waals surface area contributed by atoms with Crippen molar-refractivity contribution in [2.24, 2.45) is 0 Å². The van der Waals surface area contributed by atoms with Crippen molar-refractivity contribution < 1.29 is 57.8 Å². The molecule has 0 rings (SSSR count). The fraction of sp³-hybridized carbons (Fsp3) is 1.00. The molecule has 0 bridgehead atoms. The second-order valence-corrected chi connectivity index (χ2v) is 11.5. The molecule has 0 aliphatic heterocycles. The molecule has 0 spiro atoms. The zero-order valence-corrected chi connectivity index (χ0v) is 13.7. The third-order valence-corrected chi connectivity index (χ3v) is 6.51. The summed E-state index contributed by atoms with van der Waals surface area (Å²) in [4.78, 5) is 0. The SMILES string of the molecule is C[Si](C)(CCC(F)(F)F)CC(O)C(F)(F)C(F)(F)C(F)(F)C(F)(F)F. The van der Waals surface area contributed by atoms with Crippen molar-refractivity contribution in [3.63, 3.8) is 0 Å². The van der Waals surface area contributed by atoms with Crippen molar-refractivity contribution in [3.8, 4) is 0 Å². The Morgan fingerprint density at radius 3 is 1.48 bits per heavy atom. The van der Waals surface area contributed by atoms with E-state index in [9.17, 15) is 52.7 Å². The van der Waals surface area contributed by atoms with E-state index in [1.165, 1.54) is 0 Å². The van der Waals surface area contributed by atoms with Crippen molar-refractivity contribution >= 4 is 8.07 Å². The summed E-state index contributed by atoms with van der Waals surface area (Å²) < 4.78 is 151. The Labute approximate surface area is 135 Å². The fourth-order valence-electron chi connectivity index (χ4n) is 1.83. The van der Waals surface area contributed by atoms with Crippen LogP contribution in [-0.2, 0) is 0 Å². The van der Waals surface area contributed by atoms with Crippen LogP contribution in [0.1, 0.15) is 6.42 Å². The van der Waals surface area contributed by atoms with Crippen LogP contribution in [0, 0.1) is 0 Å². The van der Waals surface area contributed by atoms with Gasteiger partial charge in [-0.25, -0.2) is 0 Å². The third kappa shape index (κ3) is 5.40. The Hall–Kier alpha value is -0.663. The van der Waals surface area contributed by atoms with Gasteiger partial charge in [0.2, 0.25) is 0 Å². The van der Waals surface area contributed by atoms with E-state index in [0.717, 1.165) is 13.1 Å². The second kappa shape index (κ2) is 6.81. The first-order valence-electron chi connectivity index (χ1n) is 6.53. The molecule has 0 saturated carbocycles. The van der Waals surface area contributed by atoms with E-state index >= 15 is 0 Å². The molecule has 0 aromatic heterocycles. The van der Waals surface area contributed by atoms with E-state index in [1.807, 2.05) is 0 Å². The molecule has 1 N–H and O–H groups in total. The molecule has 25 heavy (non-hydrogen) atoms. The smallest absolute Gasteiger partial charge is 0.387 e. The highest BCUT2D eigenvalue weighted by atomic mass is 28.3. The maximum absolute atomic E-state index is 13.4. The molecular formula is C11H14F12OSi. The van der Waals surface area contributed by atoms with E-state index in [2.05, 4.69) is 0 Å². The first-order valence-corrected chi connectivity index (χ1v) is 9.95. The monoisotopic (exact) mass is 418 g/mol. The van der Waals surface area contributed by atoms with Crippen molar-refractivity contribution in [2.45, 2.75) is 67.8 Å². The van der Waals surface area contributed by atoms with Gasteiger partial charge in [0.25, 0.3) is 0 Å². The van der Waals surface area contributed by atoms with Crippen LogP contribution in [-0.4, -0.2) is 49.4 Å². The zero-order valence-electron chi connectivity index (χ0n) is 12.7. The molecule has 0 aromatic rings. The van der Waals surface area contributed by atoms with Crippen LogP contribution in [0.2, 0.25) is 25.2 Å². The summed E-state index contributed by atoms with van der Waals surface area (Å²) in [6.45, 7) is 1.94. The Morgan fingerprint density at radius 1 is 0.760 bits per heavy atom. The minimum atomic E-state index is -7.15. The predicted octanol–water partition coefficient (Wildman–Crippen LogP) is 5.48. The number of rotatable bonds is 7. The van der Waals surface area contributed by atoms with Gasteiger partial charge in [-0.2, -0.15) is 52.7 Å². The van der Waals surface area contributed by atoms with Crippen LogP contribution in [0.5, 0.6) is 0 Å². The molecule has 14 heteroatoms. The van der Waals surface area contributed by atoms with E-state index in [1.54, 1.807) is 0 Å². The van der Waals surface area contributed by atoms with Crippen LogP contribution >= 0.6 is 0 Å². The molecule has 0 aliphatic carbocycles. The topological polar surface area (TPSA) is 20.2 Å². The van der Waals surface area contributed by atoms with Gasteiger partial charge in [-0.3, -0.25) is 0 Å². The summed E-state index contributed by atoms with van der Waals surface area (Å²) in [5.74, 6) is -20.4. The Balaban J connectivity index is 5.44. The van der Waals surface area contributed by atoms with Crippen LogP contribution < -0.4 is 0 Å². The molecule has 152 valence electrons. The summed E-state index contributed by atoms with van der Waals surface area (Å²) in [6, 6.07) is -2.25. The molecule has 1 atom stereocenters. The van der Waals surface area contributed by atoms with Crippen LogP contribution in [0.3, 0.4) is 0 Å². The number of alkyl halides is 12. The largest absolute Gasteiger partial charge is 0.460 e. The standard InChI is InChI=1S/C11H14F12OSi/c1-25(2,4-3-7(12,13)14)5-6(24)8(15,16)9(17,18)10(19,20)11(21,22)23/h6,24H,3-5H2,1-2H3. The summed E-state index contributed by atoms with van der Waals surface area (Å²) in [7, 11) is -3.48. The van der Waals surface area contributed by atoms with E-state index < -0.39 is 62.8 Å². The van der Waals surface area contributed by atoms with Gasteiger partial charge in [0.05, 0.1) is 8.07 Å². The highest BCUT2D eigenvalue weighted by Gasteiger charge is 2.83. The lowest BCUT2D eigenvalue weighted by atomic mass is 10.00. The zero-order chi connectivity index (χ0) is 20.7. The normalized spacial score (nSPS) is 16.9. The summed E-state index contributed by atoms with van der Waals surface area (Å²) in [5, 5.41) is 9.13. The van der Waals surface area contributed by atoms with Gasteiger partial charge in [-0.05, 0) is 12.1 Å². The maximum Gasteiger partial charge on any atom is 0.460 e. The highest BCUT2D eigenvalue weighted by Crippen LogP contribution is 2.54. The van der Waals surface area contributed by atoms with E-state index in [-0.39, 0.29) is 0 Å². The molecule has 1 unspecified atom stereocenters. The third-order valence-electron chi connectivity index (χ3n) is 3.42. The first-order chi connectivity index (χ1) is 10.6. The lowest BCUT2D eigenvalue weighted by Crippen LogP contribution is -2.65. The minimum Gasteiger partial charge on any atom is -0.387 e. The van der Waals surface area contributed by atoms with Gasteiger partial charge in [0.1, 0.15) is 6.10 Å². The summed E-state index contributed by atoms with van der Waals surface area (Å²) in [6.07, 6.45) is -16.9. The maximum atomic E-state index is 13.4. The number of halogens is 12. The molecule has 0 fully saturated rings. The van der Waals surface area contributed by atoms with Gasteiger partial charge >= 0.3 is 30.1 Å². The van der Waals surface area contributed by atoms with Crippen LogP contribution in [0.15, 0.2) is 0 Å². The predicted molar refractivity (Wildman–Crippen MR) is 64.7 cm³/mol. The lowest BCUT2D eigenvalue weighted by molar-refractivity contribution is -0.404. The second-order valence-electron chi connectivity index (χ2n) is 6.27. The minimum absolute atomic E-state index is 0.815. The lowest BCUT2D eigenvalue weighted by Gasteiger charge is -2.37. The molecular weight excluding hydrogens is 404 g/mol. The van der Waals surface area contributed by atoms with E-state index in [0.29, 0.717) is 0 Å². The molecule has 0 radical (unpaired) electrons. The van der Waals surface area contributed by atoms with E-state index in [4.69, 9.17) is 5.11 Å². The van der Waals surface area contributed by atoms with Crippen molar-refractivity contribution in [1.29, 1.82) is 0 Å². The number of hydrogen-bond acceptors (Lipinski definition) is 1. The quantitative estimate of drug-likeness (QED) is 0.429. The van der Waals surface area contributed by atoms with Gasteiger partial charge in [-0.15, -0.1) is 0 Å². The molecule has 0 heterocycles. The molecule has 0 aliphatic rings. The number of aliphatic hydroxyl groups is 1. The van der Waals surface area contributed by atoms with Crippen molar-refractivity contribution in [3.05, 3.63) is 0 Å². The fourth-order valence-corrected chi connectivity index (χ4v) is 4.30. The Morgan fingerprint density at radius 2 is 1.16 bits per heavy atom. The average molecular weight is 418 g/mol. The molecule has 1 nitrogen and oxygen atoms in total. The van der Waals surface area contributed by atoms with Gasteiger partial charge < -0.3 is 5.11 Å². The first kappa shape index (κ1) is 24.3. The summed E-state index contributed by atoms with van der Waals surface area (Å²) >= 11 is 0. The Bertz CT molecular complexity index is 453. The van der Waals surface area contributed by atoms with Gasteiger partial charge in [0.15, 0.2) is 0 Å². The van der Waals surface area contributed by atoms with Gasteiger partial charge in [0, 0.05) is 6.42 Å². The Kier molecular flexibility index (Phi) is 6.63.